The van der Waals surface area contributed by atoms with E-state index in [2.05, 4.69) is 4.98 Å². The van der Waals surface area contributed by atoms with Crippen LogP contribution in [-0.4, -0.2) is 16.3 Å². The lowest BCUT2D eigenvalue weighted by atomic mass is 10.1. The van der Waals surface area contributed by atoms with Crippen molar-refractivity contribution in [1.82, 2.24) is 4.98 Å². The molecule has 1 unspecified atom stereocenters. The molecule has 0 aromatic carbocycles. The first-order valence-corrected chi connectivity index (χ1v) is 5.23. The van der Waals surface area contributed by atoms with Gasteiger partial charge in [0.2, 0.25) is 0 Å². The molecule has 0 spiro atoms. The molecule has 1 heterocycles. The van der Waals surface area contributed by atoms with Gasteiger partial charge in [-0.3, -0.25) is 0 Å². The molecule has 5 heteroatoms. The minimum absolute atomic E-state index is 0.580. The first-order valence-electron chi connectivity index (χ1n) is 3.36. The first-order chi connectivity index (χ1) is 5.64. The van der Waals surface area contributed by atoms with Gasteiger partial charge in [-0.05, 0) is 6.92 Å². The van der Waals surface area contributed by atoms with Crippen molar-refractivity contribution in [3.63, 3.8) is 0 Å². The minimum Gasteiger partial charge on any atom is -0.313 e. The van der Waals surface area contributed by atoms with Gasteiger partial charge in [0.25, 0.3) is 0 Å². The number of hydrogen-bond acceptors (Lipinski definition) is 5. The molecule has 0 aliphatic rings. The monoisotopic (exact) mass is 199 g/mol. The number of thioether (sulfide) groups is 1. The number of nitrogens with two attached hydrogens (primary N) is 1. The van der Waals surface area contributed by atoms with Crippen molar-refractivity contribution in [1.29, 1.82) is 5.26 Å². The maximum Gasteiger partial charge on any atom is 0.149 e. The van der Waals surface area contributed by atoms with E-state index in [1.165, 1.54) is 11.8 Å². The van der Waals surface area contributed by atoms with Gasteiger partial charge in [-0.1, -0.05) is 11.8 Å². The van der Waals surface area contributed by atoms with Crippen molar-refractivity contribution in [2.75, 3.05) is 5.75 Å². The second-order valence-corrected chi connectivity index (χ2v) is 4.73. The summed E-state index contributed by atoms with van der Waals surface area (Å²) in [6.07, 6.45) is 1.74. The number of rotatable bonds is 3. The predicted octanol–water partition coefficient (Wildman–Crippen LogP) is 1.48. The van der Waals surface area contributed by atoms with Crippen LogP contribution < -0.4 is 5.73 Å². The van der Waals surface area contributed by atoms with Gasteiger partial charge in [0.05, 0.1) is 6.07 Å². The molecule has 2 N–H and O–H groups in total. The summed E-state index contributed by atoms with van der Waals surface area (Å²) in [4.78, 5) is 4.07. The van der Waals surface area contributed by atoms with Crippen LogP contribution in [0.2, 0.25) is 0 Å². The Morgan fingerprint density at radius 1 is 1.92 bits per heavy atom. The minimum atomic E-state index is -0.754. The summed E-state index contributed by atoms with van der Waals surface area (Å²) >= 11 is 3.08. The maximum atomic E-state index is 8.62. The zero-order chi connectivity index (χ0) is 9.03. The van der Waals surface area contributed by atoms with Crippen LogP contribution in [-0.2, 0) is 0 Å². The van der Waals surface area contributed by atoms with Crippen LogP contribution in [0.4, 0.5) is 0 Å². The quantitative estimate of drug-likeness (QED) is 0.749. The van der Waals surface area contributed by atoms with Gasteiger partial charge < -0.3 is 5.73 Å². The lowest BCUT2D eigenvalue weighted by Gasteiger charge is -2.12. The van der Waals surface area contributed by atoms with Crippen LogP contribution in [0.3, 0.4) is 0 Å². The van der Waals surface area contributed by atoms with Crippen LogP contribution in [0.5, 0.6) is 0 Å². The molecule has 1 aromatic rings. The second kappa shape index (κ2) is 3.90. The average molecular weight is 199 g/mol. The third kappa shape index (κ3) is 2.81. The molecular formula is C7H9N3S2. The molecule has 0 fully saturated rings. The van der Waals surface area contributed by atoms with E-state index in [9.17, 15) is 0 Å². The number of nitriles is 1. The molecular weight excluding hydrogens is 190 g/mol. The van der Waals surface area contributed by atoms with Crippen molar-refractivity contribution in [3.05, 3.63) is 11.6 Å². The van der Waals surface area contributed by atoms with Crippen LogP contribution >= 0.6 is 23.1 Å². The summed E-state index contributed by atoms with van der Waals surface area (Å²) in [5.74, 6) is 0.580. The zero-order valence-corrected chi connectivity index (χ0v) is 8.28. The second-order valence-electron chi connectivity index (χ2n) is 2.62. The van der Waals surface area contributed by atoms with Crippen molar-refractivity contribution in [3.8, 4) is 6.07 Å². The number of nitrogens with zero attached hydrogens (tertiary/aromatic N) is 2. The van der Waals surface area contributed by atoms with Crippen molar-refractivity contribution >= 4 is 23.1 Å². The highest BCUT2D eigenvalue weighted by Crippen LogP contribution is 2.22. The van der Waals surface area contributed by atoms with E-state index in [1.807, 2.05) is 11.4 Å². The van der Waals surface area contributed by atoms with E-state index < -0.39 is 5.54 Å². The third-order valence-electron chi connectivity index (χ3n) is 1.16. The van der Waals surface area contributed by atoms with Crippen LogP contribution in [0.1, 0.15) is 6.92 Å². The first kappa shape index (κ1) is 9.52. The molecule has 0 bridgehead atoms. The SMILES string of the molecule is CC(N)(C#N)CSc1nccs1. The lowest BCUT2D eigenvalue weighted by molar-refractivity contribution is 0.682. The molecule has 0 amide bonds. The van der Waals surface area contributed by atoms with Gasteiger partial charge >= 0.3 is 0 Å². The molecule has 0 saturated carbocycles. The summed E-state index contributed by atoms with van der Waals surface area (Å²) < 4.78 is 0.960. The third-order valence-corrected chi connectivity index (χ3v) is 3.46. The Morgan fingerprint density at radius 3 is 3.17 bits per heavy atom. The normalized spacial score (nSPS) is 15.1. The van der Waals surface area contributed by atoms with E-state index in [4.69, 9.17) is 11.0 Å². The van der Waals surface area contributed by atoms with Crippen molar-refractivity contribution in [2.45, 2.75) is 16.8 Å². The molecule has 1 atom stereocenters. The molecule has 1 rings (SSSR count). The lowest BCUT2D eigenvalue weighted by Crippen LogP contribution is -2.36. The standard InChI is InChI=1S/C7H9N3S2/c1-7(9,4-8)5-12-6-10-2-3-11-6/h2-3H,5,9H2,1H3. The Morgan fingerprint density at radius 2 is 2.67 bits per heavy atom. The maximum absolute atomic E-state index is 8.62. The van der Waals surface area contributed by atoms with Gasteiger partial charge in [-0.25, -0.2) is 4.98 Å². The largest absolute Gasteiger partial charge is 0.313 e. The molecule has 1 aromatic heterocycles. The predicted molar refractivity (Wildman–Crippen MR) is 51.0 cm³/mol. The van der Waals surface area contributed by atoms with Crippen molar-refractivity contribution in [2.24, 2.45) is 5.73 Å². The molecule has 64 valence electrons. The Balaban J connectivity index is 2.42. The Kier molecular flexibility index (Phi) is 3.09. The van der Waals surface area contributed by atoms with E-state index in [1.54, 1.807) is 24.5 Å². The molecule has 0 saturated heterocycles. The average Bonchev–Trinajstić information content (AvgIpc) is 2.53. The van der Waals surface area contributed by atoms with Crippen molar-refractivity contribution < 1.29 is 0 Å². The van der Waals surface area contributed by atoms with E-state index in [-0.39, 0.29) is 0 Å². The highest BCUT2D eigenvalue weighted by Gasteiger charge is 2.17. The number of aromatic nitrogens is 1. The van der Waals surface area contributed by atoms with Gasteiger partial charge in [0.1, 0.15) is 9.88 Å². The molecule has 0 aliphatic carbocycles. The number of thiazole rings is 1. The van der Waals surface area contributed by atoms with Gasteiger partial charge in [-0.2, -0.15) is 5.26 Å². The summed E-state index contributed by atoms with van der Waals surface area (Å²) in [7, 11) is 0. The van der Waals surface area contributed by atoms with Crippen LogP contribution in [0.15, 0.2) is 15.9 Å². The summed E-state index contributed by atoms with van der Waals surface area (Å²) in [5.41, 5.74) is 4.87. The molecule has 3 nitrogen and oxygen atoms in total. The molecule has 12 heavy (non-hydrogen) atoms. The Bertz CT molecular complexity index is 273. The topological polar surface area (TPSA) is 62.7 Å². The van der Waals surface area contributed by atoms with E-state index in [0.717, 1.165) is 4.34 Å². The fraction of sp³-hybridized carbons (Fsp3) is 0.429. The van der Waals surface area contributed by atoms with Gasteiger partial charge in [-0.15, -0.1) is 11.3 Å². The van der Waals surface area contributed by atoms with Gasteiger partial charge in [0.15, 0.2) is 0 Å². The van der Waals surface area contributed by atoms with Gasteiger partial charge in [0, 0.05) is 17.3 Å². The number of hydrogen-bond donors (Lipinski definition) is 1. The Labute approximate surface area is 79.6 Å². The summed E-state index contributed by atoms with van der Waals surface area (Å²) in [6, 6.07) is 2.04. The van der Waals surface area contributed by atoms with Crippen LogP contribution in [0, 0.1) is 11.3 Å². The highest BCUT2D eigenvalue weighted by atomic mass is 32.2. The smallest absolute Gasteiger partial charge is 0.149 e. The van der Waals surface area contributed by atoms with E-state index in [0.29, 0.717) is 5.75 Å². The Hall–Kier alpha value is -0.570. The molecule has 0 radical (unpaired) electrons. The fourth-order valence-electron chi connectivity index (χ4n) is 0.526. The van der Waals surface area contributed by atoms with E-state index >= 15 is 0 Å². The fourth-order valence-corrected chi connectivity index (χ4v) is 2.12. The van der Waals surface area contributed by atoms with Crippen LogP contribution in [0.25, 0.3) is 0 Å². The summed E-state index contributed by atoms with van der Waals surface area (Å²) in [6.45, 7) is 1.72. The molecule has 0 aliphatic heterocycles. The summed E-state index contributed by atoms with van der Waals surface area (Å²) in [5, 5.41) is 10.5. The zero-order valence-electron chi connectivity index (χ0n) is 6.65. The highest BCUT2D eigenvalue weighted by molar-refractivity contribution is 8.01.